The molecule has 0 amide bonds. The molecule has 0 radical (unpaired) electrons. The summed E-state index contributed by atoms with van der Waals surface area (Å²) in [5, 5.41) is 2.91. The van der Waals surface area contributed by atoms with Crippen LogP contribution < -0.4 is 18.9 Å². The van der Waals surface area contributed by atoms with Crippen LogP contribution in [0, 0.1) is 0 Å². The Kier molecular flexibility index (Phi) is 7.60. The van der Waals surface area contributed by atoms with Crippen molar-refractivity contribution in [3.8, 4) is 17.2 Å². The van der Waals surface area contributed by atoms with E-state index in [1.165, 1.54) is 0 Å². The van der Waals surface area contributed by atoms with Crippen LogP contribution in [0.5, 0.6) is 17.2 Å². The normalized spacial score (nSPS) is 10.9. The second-order valence-corrected chi connectivity index (χ2v) is 8.08. The Hall–Kier alpha value is -2.91. The first-order valence-corrected chi connectivity index (χ1v) is 11.3. The first-order valence-electron chi connectivity index (χ1n) is 9.77. The van der Waals surface area contributed by atoms with Crippen LogP contribution in [0.4, 0.5) is 5.69 Å². The lowest BCUT2D eigenvalue weighted by Gasteiger charge is -2.21. The van der Waals surface area contributed by atoms with E-state index in [0.717, 1.165) is 25.0 Å². The molecule has 0 aliphatic heterocycles. The predicted octanol–water partition coefficient (Wildman–Crippen LogP) is 6.93. The number of hydrogen-bond donors (Lipinski definition) is 1. The molecule has 0 aliphatic rings. The molecule has 0 spiro atoms. The first kappa shape index (κ1) is 20.8. The van der Waals surface area contributed by atoms with Crippen molar-refractivity contribution in [2.75, 3.05) is 11.7 Å². The zero-order chi connectivity index (χ0) is 20.4. The summed E-state index contributed by atoms with van der Waals surface area (Å²) in [6.45, 7) is 2.85. The van der Waals surface area contributed by atoms with Crippen molar-refractivity contribution in [1.82, 2.24) is 0 Å². The standard InChI is InChI=1S/C23H26NO4P/c1-2-3-10-19-26-21-17-15-20(16-18-21)24-29(25,27-22-11-6-4-7-12-22)28-23-13-8-5-9-14-23/h4-9,11-18H,2-3,10,19H2,1H3,(H,24,25). The van der Waals surface area contributed by atoms with E-state index < -0.39 is 7.75 Å². The van der Waals surface area contributed by atoms with Gasteiger partial charge in [0.05, 0.1) is 6.61 Å². The Morgan fingerprint density at radius 1 is 0.724 bits per heavy atom. The number of nitrogens with one attached hydrogen (secondary N) is 1. The summed E-state index contributed by atoms with van der Waals surface area (Å²) in [5.41, 5.74) is 0.612. The van der Waals surface area contributed by atoms with Gasteiger partial charge in [-0.3, -0.25) is 5.09 Å². The van der Waals surface area contributed by atoms with Crippen molar-refractivity contribution in [2.45, 2.75) is 26.2 Å². The van der Waals surface area contributed by atoms with Gasteiger partial charge in [-0.2, -0.15) is 0 Å². The molecule has 1 N–H and O–H groups in total. The van der Waals surface area contributed by atoms with Crippen LogP contribution in [-0.4, -0.2) is 6.61 Å². The van der Waals surface area contributed by atoms with E-state index >= 15 is 0 Å². The highest BCUT2D eigenvalue weighted by atomic mass is 31.2. The van der Waals surface area contributed by atoms with Crippen LogP contribution in [0.2, 0.25) is 0 Å². The molecule has 3 aromatic rings. The molecule has 6 heteroatoms. The summed E-state index contributed by atoms with van der Waals surface area (Å²) in [5.74, 6) is 1.68. The van der Waals surface area contributed by atoms with Crippen LogP contribution in [0.3, 0.4) is 0 Å². The molecule has 0 aromatic heterocycles. The summed E-state index contributed by atoms with van der Waals surface area (Å²) in [6.07, 6.45) is 3.34. The third-order valence-electron chi connectivity index (χ3n) is 4.07. The molecule has 29 heavy (non-hydrogen) atoms. The van der Waals surface area contributed by atoms with E-state index in [-0.39, 0.29) is 0 Å². The van der Waals surface area contributed by atoms with Crippen molar-refractivity contribution >= 4 is 13.4 Å². The number of benzene rings is 3. The van der Waals surface area contributed by atoms with Crippen LogP contribution in [0.25, 0.3) is 0 Å². The molecule has 152 valence electrons. The molecule has 0 bridgehead atoms. The molecule has 5 nitrogen and oxygen atoms in total. The Morgan fingerprint density at radius 2 is 1.28 bits per heavy atom. The van der Waals surface area contributed by atoms with Gasteiger partial charge in [0.1, 0.15) is 17.2 Å². The quantitative estimate of drug-likeness (QED) is 0.274. The zero-order valence-corrected chi connectivity index (χ0v) is 17.4. The average molecular weight is 411 g/mol. The molecule has 3 rings (SSSR count). The highest BCUT2D eigenvalue weighted by Gasteiger charge is 2.29. The largest absolute Gasteiger partial charge is 0.541 e. The van der Waals surface area contributed by atoms with E-state index in [4.69, 9.17) is 13.8 Å². The average Bonchev–Trinajstić information content (AvgIpc) is 2.73. The van der Waals surface area contributed by atoms with Gasteiger partial charge in [-0.15, -0.1) is 0 Å². The van der Waals surface area contributed by atoms with Crippen molar-refractivity contribution in [2.24, 2.45) is 0 Å². The van der Waals surface area contributed by atoms with Gasteiger partial charge in [0.15, 0.2) is 0 Å². The van der Waals surface area contributed by atoms with Gasteiger partial charge in [-0.25, -0.2) is 4.57 Å². The fraction of sp³-hybridized carbons (Fsp3) is 0.217. The maximum absolute atomic E-state index is 13.5. The summed E-state index contributed by atoms with van der Waals surface area (Å²) >= 11 is 0. The second-order valence-electron chi connectivity index (χ2n) is 6.50. The molecule has 0 fully saturated rings. The fourth-order valence-corrected chi connectivity index (χ4v) is 4.02. The van der Waals surface area contributed by atoms with Crippen LogP contribution in [0.1, 0.15) is 26.2 Å². The highest BCUT2D eigenvalue weighted by Crippen LogP contribution is 2.48. The molecular weight excluding hydrogens is 385 g/mol. The Morgan fingerprint density at radius 3 is 1.79 bits per heavy atom. The molecule has 0 unspecified atom stereocenters. The van der Waals surface area contributed by atoms with E-state index in [1.54, 1.807) is 36.4 Å². The first-order chi connectivity index (χ1) is 14.2. The van der Waals surface area contributed by atoms with Gasteiger partial charge in [0.25, 0.3) is 0 Å². The van der Waals surface area contributed by atoms with E-state index in [1.807, 2.05) is 48.5 Å². The second kappa shape index (κ2) is 10.6. The molecule has 3 aromatic carbocycles. The van der Waals surface area contributed by atoms with Crippen molar-refractivity contribution in [3.63, 3.8) is 0 Å². The van der Waals surface area contributed by atoms with Crippen LogP contribution >= 0.6 is 7.75 Å². The van der Waals surface area contributed by atoms with Crippen molar-refractivity contribution in [1.29, 1.82) is 0 Å². The van der Waals surface area contributed by atoms with E-state index in [2.05, 4.69) is 12.0 Å². The van der Waals surface area contributed by atoms with Gasteiger partial charge in [0, 0.05) is 5.69 Å². The van der Waals surface area contributed by atoms with E-state index in [9.17, 15) is 4.57 Å². The maximum atomic E-state index is 13.5. The number of rotatable bonds is 11. The van der Waals surface area contributed by atoms with E-state index in [0.29, 0.717) is 23.8 Å². The summed E-state index contributed by atoms with van der Waals surface area (Å²) in [4.78, 5) is 0. The summed E-state index contributed by atoms with van der Waals surface area (Å²) < 4.78 is 30.6. The minimum Gasteiger partial charge on any atom is -0.494 e. The Labute approximate surface area is 172 Å². The minimum absolute atomic E-state index is 0.454. The number of ether oxygens (including phenoxy) is 1. The summed E-state index contributed by atoms with van der Waals surface area (Å²) in [7, 11) is -3.72. The summed E-state index contributed by atoms with van der Waals surface area (Å²) in [6, 6.07) is 25.2. The molecule has 0 saturated carbocycles. The third kappa shape index (κ3) is 6.88. The van der Waals surface area contributed by atoms with Gasteiger partial charge in [-0.05, 0) is 55.0 Å². The lowest BCUT2D eigenvalue weighted by atomic mass is 10.2. The fourth-order valence-electron chi connectivity index (χ4n) is 2.63. The number of anilines is 1. The van der Waals surface area contributed by atoms with Gasteiger partial charge >= 0.3 is 7.75 Å². The number of unbranched alkanes of at least 4 members (excludes halogenated alkanes) is 2. The SMILES string of the molecule is CCCCCOc1ccc(NP(=O)(Oc2ccccc2)Oc2ccccc2)cc1. The number of hydrogen-bond acceptors (Lipinski definition) is 4. The predicted molar refractivity (Wildman–Crippen MR) is 117 cm³/mol. The molecule has 0 heterocycles. The third-order valence-corrected chi connectivity index (χ3v) is 5.51. The minimum atomic E-state index is -3.72. The smallest absolute Gasteiger partial charge is 0.494 e. The van der Waals surface area contributed by atoms with Crippen molar-refractivity contribution < 1.29 is 18.3 Å². The zero-order valence-electron chi connectivity index (χ0n) is 16.5. The molecule has 0 atom stereocenters. The molecule has 0 aliphatic carbocycles. The van der Waals surface area contributed by atoms with Crippen LogP contribution in [0.15, 0.2) is 84.9 Å². The van der Waals surface area contributed by atoms with Gasteiger partial charge in [0.2, 0.25) is 0 Å². The Bertz CT molecular complexity index is 856. The maximum Gasteiger partial charge on any atom is 0.541 e. The highest BCUT2D eigenvalue weighted by molar-refractivity contribution is 7.56. The van der Waals surface area contributed by atoms with Gasteiger partial charge < -0.3 is 13.8 Å². The topological polar surface area (TPSA) is 56.8 Å². The number of para-hydroxylation sites is 2. The molecule has 0 saturated heterocycles. The van der Waals surface area contributed by atoms with Crippen LogP contribution in [-0.2, 0) is 4.57 Å². The lowest BCUT2D eigenvalue weighted by molar-refractivity contribution is 0.306. The lowest BCUT2D eigenvalue weighted by Crippen LogP contribution is -2.10. The van der Waals surface area contributed by atoms with Crippen molar-refractivity contribution in [3.05, 3.63) is 84.9 Å². The monoisotopic (exact) mass is 411 g/mol. The Balaban J connectivity index is 1.71. The molecular formula is C23H26NO4P. The van der Waals surface area contributed by atoms with Gasteiger partial charge in [-0.1, -0.05) is 56.2 Å².